The average molecular weight is 491 g/mol. The van der Waals surface area contributed by atoms with Gasteiger partial charge in [0.05, 0.1) is 6.42 Å². The summed E-state index contributed by atoms with van der Waals surface area (Å²) in [5.74, 6) is -0.946. The van der Waals surface area contributed by atoms with E-state index < -0.39 is 28.4 Å². The van der Waals surface area contributed by atoms with Crippen LogP contribution >= 0.6 is 0 Å². The Bertz CT molecular complexity index is 1340. The van der Waals surface area contributed by atoms with Crippen molar-refractivity contribution in [3.05, 3.63) is 64.6 Å². The summed E-state index contributed by atoms with van der Waals surface area (Å²) in [7, 11) is -2.19. The summed E-state index contributed by atoms with van der Waals surface area (Å²) in [6.45, 7) is 6.18. The number of halogens is 1. The number of aryl methyl sites for hydroxylation is 4. The highest BCUT2D eigenvalue weighted by atomic mass is 32.2. The summed E-state index contributed by atoms with van der Waals surface area (Å²) in [4.78, 5) is 28.6. The zero-order valence-corrected chi connectivity index (χ0v) is 20.5. The molecule has 0 fully saturated rings. The largest absolute Gasteiger partial charge is 0.457 e. The van der Waals surface area contributed by atoms with Crippen LogP contribution in [0.1, 0.15) is 39.6 Å². The van der Waals surface area contributed by atoms with Crippen molar-refractivity contribution >= 4 is 21.8 Å². The third-order valence-corrected chi connectivity index (χ3v) is 6.82. The highest BCUT2D eigenvalue weighted by Crippen LogP contribution is 2.23. The summed E-state index contributed by atoms with van der Waals surface area (Å²) in [5.41, 5.74) is 2.80. The summed E-state index contributed by atoms with van der Waals surface area (Å²) in [6.07, 6.45) is 1.12. The third kappa shape index (κ3) is 5.42. The van der Waals surface area contributed by atoms with Crippen LogP contribution in [0.3, 0.4) is 0 Å². The molecule has 2 heterocycles. The topological polar surface area (TPSA) is 112 Å². The number of nitrogens with one attached hydrogen (secondary N) is 1. The summed E-state index contributed by atoms with van der Waals surface area (Å²) in [6, 6.07) is 6.49. The first-order chi connectivity index (χ1) is 15.9. The Morgan fingerprint density at radius 1 is 1.15 bits per heavy atom. The van der Waals surface area contributed by atoms with Crippen LogP contribution in [-0.2, 0) is 26.6 Å². The molecule has 0 amide bonds. The van der Waals surface area contributed by atoms with E-state index in [2.05, 4.69) is 9.71 Å². The van der Waals surface area contributed by atoms with E-state index in [0.717, 1.165) is 5.69 Å². The van der Waals surface area contributed by atoms with Gasteiger partial charge >= 0.3 is 5.97 Å². The maximum Gasteiger partial charge on any atom is 0.307 e. The van der Waals surface area contributed by atoms with E-state index in [9.17, 15) is 22.4 Å². The zero-order valence-electron chi connectivity index (χ0n) is 19.7. The highest BCUT2D eigenvalue weighted by Gasteiger charge is 2.20. The van der Waals surface area contributed by atoms with E-state index in [1.54, 1.807) is 62.1 Å². The van der Waals surface area contributed by atoms with Crippen molar-refractivity contribution in [2.45, 2.75) is 39.1 Å². The highest BCUT2D eigenvalue weighted by molar-refractivity contribution is 7.89. The van der Waals surface area contributed by atoms with Crippen LogP contribution in [0, 0.1) is 33.5 Å². The second-order valence-corrected chi connectivity index (χ2v) is 9.74. The number of imidazole rings is 1. The molecule has 0 aliphatic carbocycles. The second-order valence-electron chi connectivity index (χ2n) is 8.02. The van der Waals surface area contributed by atoms with Crippen molar-refractivity contribution in [1.82, 2.24) is 18.8 Å². The van der Waals surface area contributed by atoms with Gasteiger partial charge in [0.1, 0.15) is 11.6 Å². The molecule has 3 aromatic rings. The number of rotatable bonds is 9. The summed E-state index contributed by atoms with van der Waals surface area (Å²) in [5, 5.41) is -0.139. The van der Waals surface area contributed by atoms with E-state index >= 15 is 0 Å². The first-order valence-corrected chi connectivity index (χ1v) is 12.0. The predicted molar refractivity (Wildman–Crippen MR) is 123 cm³/mol. The Kier molecular flexibility index (Phi) is 7.37. The van der Waals surface area contributed by atoms with Crippen molar-refractivity contribution in [3.63, 3.8) is 0 Å². The van der Waals surface area contributed by atoms with Gasteiger partial charge in [0, 0.05) is 42.4 Å². The molecule has 3 rings (SSSR count). The van der Waals surface area contributed by atoms with Gasteiger partial charge in [-0.3, -0.25) is 9.59 Å². The maximum absolute atomic E-state index is 14.0. The number of esters is 1. The average Bonchev–Trinajstić information content (AvgIpc) is 3.26. The fourth-order valence-electron chi connectivity index (χ4n) is 3.48. The molecule has 0 aliphatic rings. The van der Waals surface area contributed by atoms with E-state index in [4.69, 9.17) is 4.74 Å². The lowest BCUT2D eigenvalue weighted by molar-refractivity contribution is -0.142. The molecule has 0 saturated carbocycles. The van der Waals surface area contributed by atoms with E-state index in [1.807, 2.05) is 0 Å². The number of ketones is 1. The van der Waals surface area contributed by atoms with E-state index in [-0.39, 0.29) is 23.8 Å². The SMILES string of the molecule is Cc1ccc(-n2c(C)cc(C(=O)COC(=O)CCNS(=O)(=O)c3cn(C)c(C)n3)c2C)cc1F. The maximum atomic E-state index is 14.0. The first-order valence-electron chi connectivity index (χ1n) is 10.5. The van der Waals surface area contributed by atoms with Crippen LogP contribution in [-0.4, -0.2) is 47.4 Å². The molecule has 0 saturated heterocycles. The number of nitrogens with zero attached hydrogens (tertiary/aromatic N) is 3. The molecule has 9 nitrogen and oxygen atoms in total. The van der Waals surface area contributed by atoms with Crippen LogP contribution in [0.15, 0.2) is 35.5 Å². The number of carbonyl (C=O) groups is 2. The predicted octanol–water partition coefficient (Wildman–Crippen LogP) is 2.68. The minimum Gasteiger partial charge on any atom is -0.457 e. The molecular formula is C23H27FN4O5S. The molecule has 1 aromatic carbocycles. The zero-order chi connectivity index (χ0) is 25.2. The Morgan fingerprint density at radius 3 is 2.47 bits per heavy atom. The fraction of sp³-hybridized carbons (Fsp3) is 0.348. The Labute approximate surface area is 197 Å². The van der Waals surface area contributed by atoms with Crippen LogP contribution in [0.5, 0.6) is 0 Å². The van der Waals surface area contributed by atoms with Crippen molar-refractivity contribution in [2.75, 3.05) is 13.2 Å². The Morgan fingerprint density at radius 2 is 1.85 bits per heavy atom. The van der Waals surface area contributed by atoms with E-state index in [0.29, 0.717) is 28.3 Å². The quantitative estimate of drug-likeness (QED) is 0.365. The third-order valence-electron chi connectivity index (χ3n) is 5.49. The summed E-state index contributed by atoms with van der Waals surface area (Å²) < 4.78 is 49.1. The van der Waals surface area contributed by atoms with Gasteiger partial charge in [-0.15, -0.1) is 0 Å². The number of hydrogen-bond donors (Lipinski definition) is 1. The van der Waals surface area contributed by atoms with Gasteiger partial charge in [-0.2, -0.15) is 0 Å². The minimum absolute atomic E-state index is 0.139. The molecule has 0 aliphatic heterocycles. The Balaban J connectivity index is 1.57. The second kappa shape index (κ2) is 9.90. The molecular weight excluding hydrogens is 463 g/mol. The van der Waals surface area contributed by atoms with Crippen molar-refractivity contribution in [1.29, 1.82) is 0 Å². The number of benzene rings is 1. The lowest BCUT2D eigenvalue weighted by Gasteiger charge is -2.11. The standard InChI is InChI=1S/C23H27FN4O5S/c1-14-6-7-18(11-20(14)24)28-15(2)10-19(16(28)3)21(29)13-33-23(30)8-9-25-34(31,32)22-12-27(5)17(4)26-22/h6-7,10-12,25H,8-9,13H2,1-5H3. The van der Waals surface area contributed by atoms with Gasteiger partial charge in [0.2, 0.25) is 5.78 Å². The van der Waals surface area contributed by atoms with Gasteiger partial charge in [0.15, 0.2) is 11.6 Å². The number of Topliss-reactive ketones (excluding diaryl/α,β-unsaturated/α-hetero) is 1. The monoisotopic (exact) mass is 490 g/mol. The fourth-order valence-corrected chi connectivity index (χ4v) is 4.54. The lowest BCUT2D eigenvalue weighted by Crippen LogP contribution is -2.27. The van der Waals surface area contributed by atoms with Crippen LogP contribution in [0.2, 0.25) is 0 Å². The Hall–Kier alpha value is -3.31. The number of carbonyl (C=O) groups excluding carboxylic acids is 2. The van der Waals surface area contributed by atoms with Gasteiger partial charge in [-0.25, -0.2) is 22.5 Å². The van der Waals surface area contributed by atoms with Crippen molar-refractivity contribution < 1.29 is 27.1 Å². The molecule has 1 N–H and O–H groups in total. The smallest absolute Gasteiger partial charge is 0.307 e. The molecule has 182 valence electrons. The van der Waals surface area contributed by atoms with E-state index in [1.165, 1.54) is 12.3 Å². The number of sulfonamides is 1. The molecule has 34 heavy (non-hydrogen) atoms. The van der Waals surface area contributed by atoms with Gasteiger partial charge < -0.3 is 13.9 Å². The van der Waals surface area contributed by atoms with Crippen LogP contribution in [0.4, 0.5) is 4.39 Å². The molecule has 0 spiro atoms. The van der Waals surface area contributed by atoms with Crippen LogP contribution < -0.4 is 4.72 Å². The molecule has 2 aromatic heterocycles. The molecule has 0 atom stereocenters. The first kappa shape index (κ1) is 25.3. The lowest BCUT2D eigenvalue weighted by atomic mass is 10.1. The minimum atomic E-state index is -3.86. The molecule has 11 heteroatoms. The molecule has 0 bridgehead atoms. The number of aromatic nitrogens is 3. The van der Waals surface area contributed by atoms with Crippen molar-refractivity contribution in [3.8, 4) is 5.69 Å². The molecule has 0 radical (unpaired) electrons. The van der Waals surface area contributed by atoms with Gasteiger partial charge in [0.25, 0.3) is 10.0 Å². The summed E-state index contributed by atoms with van der Waals surface area (Å²) >= 11 is 0. The number of hydrogen-bond acceptors (Lipinski definition) is 6. The van der Waals surface area contributed by atoms with Gasteiger partial charge in [-0.05, 0) is 51.5 Å². The molecule has 0 unspecified atom stereocenters. The van der Waals surface area contributed by atoms with Crippen LogP contribution in [0.25, 0.3) is 5.69 Å². The number of ether oxygens (including phenoxy) is 1. The normalized spacial score (nSPS) is 11.6. The van der Waals surface area contributed by atoms with Gasteiger partial charge in [-0.1, -0.05) is 6.07 Å². The van der Waals surface area contributed by atoms with Crippen molar-refractivity contribution in [2.24, 2.45) is 7.05 Å².